The number of aryl methyl sites for hydroxylation is 2. The van der Waals surface area contributed by atoms with E-state index in [9.17, 15) is 13.8 Å². The van der Waals surface area contributed by atoms with Crippen molar-refractivity contribution >= 4 is 30.5 Å². The molecule has 2 N–H and O–H groups in total. The van der Waals surface area contributed by atoms with Crippen LogP contribution in [0.4, 0.5) is 10.1 Å². The molecule has 0 bridgehead atoms. The summed E-state index contributed by atoms with van der Waals surface area (Å²) < 4.78 is 32.9. The van der Waals surface area contributed by atoms with Gasteiger partial charge in [-0.05, 0) is 62.2 Å². The lowest BCUT2D eigenvalue weighted by Crippen LogP contribution is -2.30. The second-order valence-electron chi connectivity index (χ2n) is 10.2. The zero-order chi connectivity index (χ0) is 28.1. The Labute approximate surface area is 240 Å². The van der Waals surface area contributed by atoms with E-state index in [1.54, 1.807) is 59.2 Å². The first kappa shape index (κ1) is 29.8. The van der Waals surface area contributed by atoms with E-state index in [0.29, 0.717) is 40.6 Å². The Morgan fingerprint density at radius 3 is 2.35 bits per heavy atom. The fourth-order valence-corrected chi connectivity index (χ4v) is 7.68. The summed E-state index contributed by atoms with van der Waals surface area (Å²) in [5.41, 5.74) is 4.82. The molecular weight excluding hydrogens is 550 g/mol. The minimum Gasteiger partial charge on any atom is -0.387 e. The first-order valence-electron chi connectivity index (χ1n) is 13.5. The molecule has 2 aromatic carbocycles. The molecule has 214 valence electrons. The van der Waals surface area contributed by atoms with Crippen molar-refractivity contribution in [3.05, 3.63) is 81.4 Å². The highest BCUT2D eigenvalue weighted by Crippen LogP contribution is 2.45. The maximum Gasteiger partial charge on any atom is 0.338 e. The minimum atomic E-state index is -2.52. The topological polar surface area (TPSA) is 85.9 Å². The zero-order valence-electron chi connectivity index (χ0n) is 23.8. The van der Waals surface area contributed by atoms with Crippen molar-refractivity contribution < 1.29 is 8.96 Å². The minimum absolute atomic E-state index is 0. The van der Waals surface area contributed by atoms with Crippen LogP contribution in [0.2, 0.25) is 0 Å². The second-order valence-corrected chi connectivity index (χ2v) is 13.7. The van der Waals surface area contributed by atoms with Crippen LogP contribution in [0.15, 0.2) is 47.5 Å². The molecule has 1 atom stereocenters. The summed E-state index contributed by atoms with van der Waals surface area (Å²) in [4.78, 5) is 14.0. The van der Waals surface area contributed by atoms with E-state index >= 15 is 0 Å². The summed E-state index contributed by atoms with van der Waals surface area (Å²) in [6.07, 6.45) is 5.38. The van der Waals surface area contributed by atoms with Crippen LogP contribution in [-0.2, 0) is 11.0 Å². The molecule has 4 aromatic rings. The van der Waals surface area contributed by atoms with Crippen LogP contribution in [0.1, 0.15) is 49.2 Å². The van der Waals surface area contributed by atoms with Crippen LogP contribution < -0.4 is 21.6 Å². The molecule has 40 heavy (non-hydrogen) atoms. The van der Waals surface area contributed by atoms with Gasteiger partial charge in [0.05, 0.1) is 17.1 Å². The molecule has 11 heteroatoms. The number of benzene rings is 2. The van der Waals surface area contributed by atoms with Crippen LogP contribution in [0.3, 0.4) is 0 Å². The molecular formula is C29H37ClFN6O2P. The highest BCUT2D eigenvalue weighted by molar-refractivity contribution is 7.71. The summed E-state index contributed by atoms with van der Waals surface area (Å²) in [5, 5.41) is 12.4. The summed E-state index contributed by atoms with van der Waals surface area (Å²) in [6.45, 7) is 10.2. The van der Waals surface area contributed by atoms with Crippen LogP contribution in [0.25, 0.3) is 17.2 Å². The molecule has 8 nitrogen and oxygen atoms in total. The molecule has 0 saturated heterocycles. The molecule has 1 aliphatic rings. The predicted octanol–water partition coefficient (Wildman–Crippen LogP) is 5.27. The van der Waals surface area contributed by atoms with Crippen molar-refractivity contribution in [3.8, 4) is 17.2 Å². The molecule has 0 aliphatic carbocycles. The van der Waals surface area contributed by atoms with E-state index in [1.807, 2.05) is 32.0 Å². The van der Waals surface area contributed by atoms with Crippen LogP contribution >= 0.6 is 19.5 Å². The number of fused-ring (bicyclic) bond motifs is 1. The van der Waals surface area contributed by atoms with Crippen molar-refractivity contribution in [1.29, 1.82) is 0 Å². The van der Waals surface area contributed by atoms with Gasteiger partial charge < -0.3 is 15.2 Å². The Bertz CT molecular complexity index is 1640. The molecule has 1 aliphatic heterocycles. The smallest absolute Gasteiger partial charge is 0.338 e. The number of imidazole rings is 1. The van der Waals surface area contributed by atoms with E-state index in [-0.39, 0.29) is 30.0 Å². The lowest BCUT2D eigenvalue weighted by molar-refractivity contribution is 0.536. The summed E-state index contributed by atoms with van der Waals surface area (Å²) in [6, 6.07) is 9.12. The van der Waals surface area contributed by atoms with Gasteiger partial charge in [-0.2, -0.15) is 5.10 Å². The average molecular weight is 587 g/mol. The average Bonchev–Trinajstić information content (AvgIpc) is 3.51. The van der Waals surface area contributed by atoms with Crippen molar-refractivity contribution in [2.45, 2.75) is 47.1 Å². The van der Waals surface area contributed by atoms with Gasteiger partial charge in [0.2, 0.25) is 0 Å². The number of halogens is 2. The number of nitrogens with zero attached hydrogens (tertiary/aromatic N) is 4. The molecule has 0 saturated carbocycles. The third-order valence-electron chi connectivity index (χ3n) is 7.88. The molecule has 5 rings (SSSR count). The first-order valence-corrected chi connectivity index (χ1v) is 15.5. The van der Waals surface area contributed by atoms with Gasteiger partial charge in [0, 0.05) is 67.3 Å². The third kappa shape index (κ3) is 4.84. The van der Waals surface area contributed by atoms with E-state index in [0.717, 1.165) is 35.2 Å². The third-order valence-corrected chi connectivity index (χ3v) is 11.2. The lowest BCUT2D eigenvalue weighted by Gasteiger charge is -2.21. The van der Waals surface area contributed by atoms with Gasteiger partial charge in [0.25, 0.3) is 0 Å². The maximum atomic E-state index is 14.5. The van der Waals surface area contributed by atoms with Gasteiger partial charge in [0.1, 0.15) is 18.8 Å². The SMILES string of the molecule is CCP(=O)(CC)c1ccc(-n2ccn(-c3c4c(nn3-c3cc(C)c(F)c(C)c3)CCNC4C)c2=O)cc1NC.Cl. The number of nitrogens with one attached hydrogen (secondary N) is 2. The van der Waals surface area contributed by atoms with Gasteiger partial charge in [-0.3, -0.25) is 9.13 Å². The predicted molar refractivity (Wildman–Crippen MR) is 163 cm³/mol. The van der Waals surface area contributed by atoms with Gasteiger partial charge in [-0.15, -0.1) is 12.4 Å². The molecule has 1 unspecified atom stereocenters. The van der Waals surface area contributed by atoms with E-state index in [2.05, 4.69) is 17.6 Å². The van der Waals surface area contributed by atoms with E-state index in [1.165, 1.54) is 0 Å². The van der Waals surface area contributed by atoms with Crippen LogP contribution in [0.5, 0.6) is 0 Å². The summed E-state index contributed by atoms with van der Waals surface area (Å²) in [5.74, 6) is 0.404. The standard InChI is InChI=1S/C29H36FN6O2P.ClH/c1-7-39(38,8-2)25-10-9-21(17-24(25)31-6)34-13-14-35(29(34)37)28-26-20(5)32-12-11-23(26)33-36(28)22-15-18(3)27(30)19(4)16-22;/h9-10,13-17,20,31-32H,7-8,11-12H2,1-6H3;1H. The number of anilines is 1. The number of rotatable bonds is 7. The van der Waals surface area contributed by atoms with Gasteiger partial charge in [-0.1, -0.05) is 13.8 Å². The van der Waals surface area contributed by atoms with E-state index < -0.39 is 7.14 Å². The fraction of sp³-hybridized carbons (Fsp3) is 0.379. The fourth-order valence-electron chi connectivity index (χ4n) is 5.59. The Hall–Kier alpha value is -3.13. The molecule has 0 fully saturated rings. The Balaban J connectivity index is 0.00000370. The molecule has 0 amide bonds. The number of hydrogen-bond acceptors (Lipinski definition) is 5. The Morgan fingerprint density at radius 2 is 1.73 bits per heavy atom. The van der Waals surface area contributed by atoms with E-state index in [4.69, 9.17) is 5.10 Å². The normalized spacial score (nSPS) is 15.0. The molecule has 0 spiro atoms. The molecule has 2 aromatic heterocycles. The first-order chi connectivity index (χ1) is 18.6. The zero-order valence-corrected chi connectivity index (χ0v) is 25.5. The lowest BCUT2D eigenvalue weighted by atomic mass is 10.0. The van der Waals surface area contributed by atoms with Crippen molar-refractivity contribution in [2.24, 2.45) is 0 Å². The van der Waals surface area contributed by atoms with Crippen LogP contribution in [0, 0.1) is 19.7 Å². The number of aromatic nitrogens is 4. The van der Waals surface area contributed by atoms with Gasteiger partial charge >= 0.3 is 5.69 Å². The quantitative estimate of drug-likeness (QED) is 0.288. The number of hydrogen-bond donors (Lipinski definition) is 2. The Kier molecular flexibility index (Phi) is 8.50. The maximum absolute atomic E-state index is 14.5. The van der Waals surface area contributed by atoms with Crippen molar-refractivity contribution in [1.82, 2.24) is 24.2 Å². The molecule has 3 heterocycles. The summed E-state index contributed by atoms with van der Waals surface area (Å²) >= 11 is 0. The largest absolute Gasteiger partial charge is 0.387 e. The summed E-state index contributed by atoms with van der Waals surface area (Å²) in [7, 11) is -0.715. The van der Waals surface area contributed by atoms with Crippen LogP contribution in [-0.4, -0.2) is 44.8 Å². The highest BCUT2D eigenvalue weighted by atomic mass is 35.5. The monoisotopic (exact) mass is 586 g/mol. The highest BCUT2D eigenvalue weighted by Gasteiger charge is 2.29. The van der Waals surface area contributed by atoms with Crippen molar-refractivity contribution in [3.63, 3.8) is 0 Å². The van der Waals surface area contributed by atoms with Gasteiger partial charge in [0.15, 0.2) is 0 Å². The second kappa shape index (κ2) is 11.4. The molecule has 0 radical (unpaired) electrons. The van der Waals surface area contributed by atoms with Crippen molar-refractivity contribution in [2.75, 3.05) is 31.2 Å². The van der Waals surface area contributed by atoms with Gasteiger partial charge in [-0.25, -0.2) is 13.9 Å². The Morgan fingerprint density at radius 1 is 1.07 bits per heavy atom.